The van der Waals surface area contributed by atoms with E-state index >= 15 is 0 Å². The fourth-order valence-corrected chi connectivity index (χ4v) is 2.26. The summed E-state index contributed by atoms with van der Waals surface area (Å²) in [6, 6.07) is 15.7. The molecule has 0 aliphatic rings. The second-order valence-electron chi connectivity index (χ2n) is 4.66. The van der Waals surface area contributed by atoms with Crippen molar-refractivity contribution in [3.8, 4) is 22.6 Å². The summed E-state index contributed by atoms with van der Waals surface area (Å²) in [5, 5.41) is 9.55. The summed E-state index contributed by atoms with van der Waals surface area (Å²) in [5.74, 6) is -0.379. The average Bonchev–Trinajstić information content (AvgIpc) is 2.55. The third-order valence-electron chi connectivity index (χ3n) is 3.17. The van der Waals surface area contributed by atoms with Crippen LogP contribution in [-0.2, 0) is 0 Å². The van der Waals surface area contributed by atoms with Gasteiger partial charge in [-0.2, -0.15) is 0 Å². The first-order valence-corrected chi connectivity index (χ1v) is 6.94. The summed E-state index contributed by atoms with van der Waals surface area (Å²) >= 11 is 5.99. The zero-order valence-electron chi connectivity index (χ0n) is 11.4. The van der Waals surface area contributed by atoms with E-state index in [1.54, 1.807) is 48.7 Å². The van der Waals surface area contributed by atoms with Gasteiger partial charge in [-0.3, -0.25) is 0 Å². The van der Waals surface area contributed by atoms with Gasteiger partial charge in [-0.05, 0) is 30.3 Å². The monoisotopic (exact) mass is 310 g/mol. The Morgan fingerprint density at radius 3 is 2.45 bits per heavy atom. The summed E-state index contributed by atoms with van der Waals surface area (Å²) in [5.41, 5.74) is 2.63. The third-order valence-corrected chi connectivity index (χ3v) is 3.40. The van der Waals surface area contributed by atoms with Crippen molar-refractivity contribution in [1.29, 1.82) is 0 Å². The molecule has 1 N–H and O–H groups in total. The Hall–Kier alpha value is -2.72. The Balaban J connectivity index is 1.99. The van der Waals surface area contributed by atoms with Crippen LogP contribution in [0.2, 0.25) is 5.02 Å². The number of aromatic nitrogens is 2. The maximum absolute atomic E-state index is 10.9. The molecule has 1 heterocycles. The molecular weight excluding hydrogens is 300 g/mol. The largest absolute Gasteiger partial charge is 0.478 e. The average molecular weight is 311 g/mol. The molecule has 0 atom stereocenters. The highest BCUT2D eigenvalue weighted by molar-refractivity contribution is 6.30. The highest BCUT2D eigenvalue weighted by Gasteiger charge is 2.07. The molecule has 0 saturated heterocycles. The van der Waals surface area contributed by atoms with E-state index in [-0.39, 0.29) is 5.56 Å². The zero-order valence-corrected chi connectivity index (χ0v) is 12.2. The Labute approximate surface area is 132 Å². The fraction of sp³-hybridized carbons (Fsp3) is 0. The molecule has 0 aliphatic carbocycles. The predicted molar refractivity (Wildman–Crippen MR) is 84.9 cm³/mol. The lowest BCUT2D eigenvalue weighted by Gasteiger charge is -2.05. The maximum atomic E-state index is 10.9. The first-order chi connectivity index (χ1) is 10.6. The van der Waals surface area contributed by atoms with Gasteiger partial charge < -0.3 is 5.11 Å². The number of aromatic carboxylic acids is 1. The molecule has 4 nitrogen and oxygen atoms in total. The normalized spacial score (nSPS) is 10.4. The number of nitrogens with zero attached hydrogens (tertiary/aromatic N) is 2. The van der Waals surface area contributed by atoms with Crippen LogP contribution in [0.25, 0.3) is 22.6 Å². The Morgan fingerprint density at radius 2 is 1.77 bits per heavy atom. The first-order valence-electron chi connectivity index (χ1n) is 6.56. The molecule has 5 heteroatoms. The van der Waals surface area contributed by atoms with Crippen LogP contribution >= 0.6 is 11.6 Å². The molecule has 0 saturated carbocycles. The van der Waals surface area contributed by atoms with Crippen molar-refractivity contribution in [1.82, 2.24) is 9.97 Å². The van der Waals surface area contributed by atoms with Gasteiger partial charge in [-0.1, -0.05) is 35.9 Å². The van der Waals surface area contributed by atoms with Gasteiger partial charge in [0.1, 0.15) is 0 Å². The molecule has 0 fully saturated rings. The minimum absolute atomic E-state index is 0.243. The molecule has 108 valence electrons. The van der Waals surface area contributed by atoms with E-state index in [2.05, 4.69) is 9.97 Å². The maximum Gasteiger partial charge on any atom is 0.335 e. The summed E-state index contributed by atoms with van der Waals surface area (Å²) in [7, 11) is 0. The van der Waals surface area contributed by atoms with Crippen LogP contribution in [0, 0.1) is 0 Å². The molecule has 0 unspecified atom stereocenters. The highest BCUT2D eigenvalue weighted by Crippen LogP contribution is 2.23. The van der Waals surface area contributed by atoms with Crippen LogP contribution in [0.5, 0.6) is 0 Å². The summed E-state index contributed by atoms with van der Waals surface area (Å²) in [6.45, 7) is 0. The molecule has 22 heavy (non-hydrogen) atoms. The van der Waals surface area contributed by atoms with Crippen molar-refractivity contribution in [2.45, 2.75) is 0 Å². The van der Waals surface area contributed by atoms with E-state index in [1.807, 2.05) is 12.1 Å². The number of carboxylic acids is 1. The quantitative estimate of drug-likeness (QED) is 0.789. The molecule has 3 rings (SSSR count). The topological polar surface area (TPSA) is 63.1 Å². The third kappa shape index (κ3) is 2.97. The molecule has 2 aromatic carbocycles. The van der Waals surface area contributed by atoms with Crippen molar-refractivity contribution < 1.29 is 9.90 Å². The van der Waals surface area contributed by atoms with Crippen LogP contribution in [-0.4, -0.2) is 21.0 Å². The number of hydrogen-bond acceptors (Lipinski definition) is 3. The lowest BCUT2D eigenvalue weighted by Crippen LogP contribution is -1.96. The van der Waals surface area contributed by atoms with Gasteiger partial charge in [0.15, 0.2) is 5.82 Å². The van der Waals surface area contributed by atoms with Crippen molar-refractivity contribution in [3.05, 3.63) is 71.4 Å². The van der Waals surface area contributed by atoms with E-state index in [9.17, 15) is 4.79 Å². The molecule has 0 radical (unpaired) electrons. The van der Waals surface area contributed by atoms with Crippen molar-refractivity contribution >= 4 is 17.6 Å². The van der Waals surface area contributed by atoms with Crippen LogP contribution in [0.15, 0.2) is 60.8 Å². The van der Waals surface area contributed by atoms with Gasteiger partial charge in [0.2, 0.25) is 0 Å². The van der Waals surface area contributed by atoms with Gasteiger partial charge in [0, 0.05) is 22.3 Å². The van der Waals surface area contributed by atoms with Crippen molar-refractivity contribution in [2.75, 3.05) is 0 Å². The standard InChI is InChI=1S/C17H11ClN2O2/c18-14-3-1-2-13(10-14)16-19-9-8-15(20-16)11-4-6-12(7-5-11)17(21)22/h1-10H,(H,21,22). The van der Waals surface area contributed by atoms with E-state index in [0.717, 1.165) is 16.8 Å². The zero-order chi connectivity index (χ0) is 15.5. The van der Waals surface area contributed by atoms with Gasteiger partial charge in [-0.25, -0.2) is 14.8 Å². The number of carboxylic acid groups (broad SMARTS) is 1. The van der Waals surface area contributed by atoms with Gasteiger partial charge in [0.25, 0.3) is 0 Å². The second kappa shape index (κ2) is 5.95. The molecule has 0 aliphatic heterocycles. The molecule has 1 aromatic heterocycles. The number of rotatable bonds is 3. The Bertz CT molecular complexity index is 832. The van der Waals surface area contributed by atoms with E-state index < -0.39 is 5.97 Å². The van der Waals surface area contributed by atoms with Gasteiger partial charge in [-0.15, -0.1) is 0 Å². The minimum Gasteiger partial charge on any atom is -0.478 e. The van der Waals surface area contributed by atoms with E-state index in [0.29, 0.717) is 10.8 Å². The van der Waals surface area contributed by atoms with Gasteiger partial charge in [0.05, 0.1) is 11.3 Å². The van der Waals surface area contributed by atoms with Crippen LogP contribution in [0.3, 0.4) is 0 Å². The van der Waals surface area contributed by atoms with Crippen LogP contribution in [0.1, 0.15) is 10.4 Å². The van der Waals surface area contributed by atoms with E-state index in [4.69, 9.17) is 16.7 Å². The number of hydrogen-bond donors (Lipinski definition) is 1. The summed E-state index contributed by atoms with van der Waals surface area (Å²) in [6.07, 6.45) is 1.67. The first kappa shape index (κ1) is 14.2. The second-order valence-corrected chi connectivity index (χ2v) is 5.09. The lowest BCUT2D eigenvalue weighted by molar-refractivity contribution is 0.0697. The van der Waals surface area contributed by atoms with Crippen LogP contribution < -0.4 is 0 Å². The van der Waals surface area contributed by atoms with E-state index in [1.165, 1.54) is 0 Å². The predicted octanol–water partition coefficient (Wildman–Crippen LogP) is 4.16. The lowest BCUT2D eigenvalue weighted by atomic mass is 10.1. The molecule has 3 aromatic rings. The molecular formula is C17H11ClN2O2. The number of halogens is 1. The fourth-order valence-electron chi connectivity index (χ4n) is 2.07. The minimum atomic E-state index is -0.950. The number of benzene rings is 2. The van der Waals surface area contributed by atoms with Crippen molar-refractivity contribution in [2.24, 2.45) is 0 Å². The van der Waals surface area contributed by atoms with Gasteiger partial charge >= 0.3 is 5.97 Å². The smallest absolute Gasteiger partial charge is 0.335 e. The SMILES string of the molecule is O=C(O)c1ccc(-c2ccnc(-c3cccc(Cl)c3)n2)cc1. The molecule has 0 spiro atoms. The molecule has 0 amide bonds. The highest BCUT2D eigenvalue weighted by atomic mass is 35.5. The number of carbonyl (C=O) groups is 1. The summed E-state index contributed by atoms with van der Waals surface area (Å²) in [4.78, 5) is 19.7. The van der Waals surface area contributed by atoms with Crippen LogP contribution in [0.4, 0.5) is 0 Å². The molecule has 0 bridgehead atoms. The Kier molecular flexibility index (Phi) is 3.85. The Morgan fingerprint density at radius 1 is 1.00 bits per heavy atom. The summed E-state index contributed by atoms with van der Waals surface area (Å²) < 4.78 is 0. The van der Waals surface area contributed by atoms with Crippen molar-refractivity contribution in [3.63, 3.8) is 0 Å².